The van der Waals surface area contributed by atoms with E-state index in [1.165, 1.54) is 25.7 Å². The number of anilines is 2. The zero-order valence-corrected chi connectivity index (χ0v) is 12.5. The fourth-order valence-corrected chi connectivity index (χ4v) is 2.43. The molecule has 106 valence electrons. The van der Waals surface area contributed by atoms with Crippen molar-refractivity contribution in [1.29, 1.82) is 0 Å². The van der Waals surface area contributed by atoms with Crippen LogP contribution >= 0.6 is 0 Å². The lowest BCUT2D eigenvalue weighted by atomic mass is 9.99. The Morgan fingerprint density at radius 3 is 2.79 bits per heavy atom. The second kappa shape index (κ2) is 6.73. The van der Waals surface area contributed by atoms with Gasteiger partial charge in [-0.15, -0.1) is 0 Å². The van der Waals surface area contributed by atoms with Crippen LogP contribution in [0, 0.1) is 5.92 Å². The van der Waals surface area contributed by atoms with Gasteiger partial charge in [-0.05, 0) is 31.2 Å². The molecule has 1 fully saturated rings. The fraction of sp³-hybridized carbons (Fsp3) is 0.733. The molecule has 1 aliphatic heterocycles. The van der Waals surface area contributed by atoms with Gasteiger partial charge in [-0.25, -0.2) is 4.98 Å². The predicted molar refractivity (Wildman–Crippen MR) is 80.8 cm³/mol. The number of hydrogen-bond donors (Lipinski definition) is 0. The molecule has 0 saturated carbocycles. The van der Waals surface area contributed by atoms with Crippen molar-refractivity contribution in [3.63, 3.8) is 0 Å². The second-order valence-electron chi connectivity index (χ2n) is 5.66. The highest BCUT2D eigenvalue weighted by atomic mass is 15.3. The summed E-state index contributed by atoms with van der Waals surface area (Å²) in [5, 5.41) is 0. The van der Waals surface area contributed by atoms with Crippen molar-refractivity contribution in [3.05, 3.63) is 12.3 Å². The maximum Gasteiger partial charge on any atom is 0.226 e. The van der Waals surface area contributed by atoms with Crippen LogP contribution in [0.2, 0.25) is 0 Å². The molecule has 0 N–H and O–H groups in total. The zero-order chi connectivity index (χ0) is 13.7. The van der Waals surface area contributed by atoms with E-state index in [0.717, 1.165) is 37.3 Å². The minimum absolute atomic E-state index is 0.851. The average Bonchev–Trinajstić information content (AvgIpc) is 2.45. The fourth-order valence-electron chi connectivity index (χ4n) is 2.43. The van der Waals surface area contributed by atoms with E-state index in [0.29, 0.717) is 0 Å². The molecule has 2 heterocycles. The average molecular weight is 262 g/mol. The molecule has 0 radical (unpaired) electrons. The van der Waals surface area contributed by atoms with Crippen LogP contribution in [0.25, 0.3) is 0 Å². The summed E-state index contributed by atoms with van der Waals surface area (Å²) in [5.41, 5.74) is 0. The van der Waals surface area contributed by atoms with Gasteiger partial charge < -0.3 is 9.80 Å². The summed E-state index contributed by atoms with van der Waals surface area (Å²) < 4.78 is 0. The van der Waals surface area contributed by atoms with Crippen molar-refractivity contribution in [1.82, 2.24) is 9.97 Å². The highest BCUT2D eigenvalue weighted by Gasteiger charge is 2.17. The van der Waals surface area contributed by atoms with Crippen molar-refractivity contribution in [3.8, 4) is 0 Å². The van der Waals surface area contributed by atoms with Crippen molar-refractivity contribution in [2.45, 2.75) is 39.5 Å². The third kappa shape index (κ3) is 3.82. The van der Waals surface area contributed by atoms with E-state index < -0.39 is 0 Å². The Hall–Kier alpha value is -1.32. The maximum absolute atomic E-state index is 4.72. The second-order valence-corrected chi connectivity index (χ2v) is 5.66. The number of nitrogens with zero attached hydrogens (tertiary/aromatic N) is 4. The van der Waals surface area contributed by atoms with Crippen LogP contribution in [0.15, 0.2) is 12.3 Å². The van der Waals surface area contributed by atoms with Gasteiger partial charge in [-0.1, -0.05) is 20.3 Å². The third-order valence-electron chi connectivity index (χ3n) is 3.92. The molecule has 1 aromatic rings. The monoisotopic (exact) mass is 262 g/mol. The van der Waals surface area contributed by atoms with Gasteiger partial charge in [0.05, 0.1) is 0 Å². The van der Waals surface area contributed by atoms with Crippen LogP contribution in [-0.4, -0.2) is 36.6 Å². The molecule has 0 atom stereocenters. The highest BCUT2D eigenvalue weighted by molar-refractivity contribution is 5.43. The molecule has 0 aromatic carbocycles. The first kappa shape index (κ1) is 14.1. The van der Waals surface area contributed by atoms with E-state index in [4.69, 9.17) is 4.98 Å². The molecule has 4 heteroatoms. The van der Waals surface area contributed by atoms with Crippen molar-refractivity contribution < 1.29 is 0 Å². The summed E-state index contributed by atoms with van der Waals surface area (Å²) >= 11 is 0. The summed E-state index contributed by atoms with van der Waals surface area (Å²) in [6, 6.07) is 2.03. The molecule has 19 heavy (non-hydrogen) atoms. The van der Waals surface area contributed by atoms with Crippen molar-refractivity contribution >= 4 is 11.8 Å². The number of aromatic nitrogens is 2. The number of unbranched alkanes of at least 4 members (excludes halogenated alkanes) is 1. The first-order valence-electron chi connectivity index (χ1n) is 7.50. The van der Waals surface area contributed by atoms with Gasteiger partial charge in [-0.2, -0.15) is 4.98 Å². The lowest BCUT2D eigenvalue weighted by Gasteiger charge is -2.31. The van der Waals surface area contributed by atoms with E-state index in [1.54, 1.807) is 0 Å². The number of hydrogen-bond acceptors (Lipinski definition) is 4. The lowest BCUT2D eigenvalue weighted by Crippen LogP contribution is -2.33. The standard InChI is InChI=1S/C15H26N4/c1-4-5-10-18(3)15-16-9-6-14(17-15)19-11-7-13(2)8-12-19/h6,9,13H,4-5,7-8,10-12H2,1-3H3. The SMILES string of the molecule is CCCCN(C)c1nccc(N2CCC(C)CC2)n1. The van der Waals surface area contributed by atoms with Gasteiger partial charge in [0.1, 0.15) is 5.82 Å². The number of rotatable bonds is 5. The topological polar surface area (TPSA) is 32.3 Å². The lowest BCUT2D eigenvalue weighted by molar-refractivity contribution is 0.436. The first-order chi connectivity index (χ1) is 9.20. The van der Waals surface area contributed by atoms with Crippen molar-refractivity contribution in [2.24, 2.45) is 5.92 Å². The Labute approximate surface area is 116 Å². The van der Waals surface area contributed by atoms with Crippen LogP contribution in [0.1, 0.15) is 39.5 Å². The Morgan fingerprint density at radius 1 is 1.37 bits per heavy atom. The molecule has 0 aliphatic carbocycles. The number of piperidine rings is 1. The molecular formula is C15H26N4. The van der Waals surface area contributed by atoms with Crippen molar-refractivity contribution in [2.75, 3.05) is 36.5 Å². The minimum atomic E-state index is 0.851. The summed E-state index contributed by atoms with van der Waals surface area (Å²) in [7, 11) is 2.08. The molecule has 1 aliphatic rings. The molecule has 0 bridgehead atoms. The van der Waals surface area contributed by atoms with Crippen LogP contribution in [0.4, 0.5) is 11.8 Å². The Morgan fingerprint density at radius 2 is 2.11 bits per heavy atom. The smallest absolute Gasteiger partial charge is 0.226 e. The van der Waals surface area contributed by atoms with E-state index in [2.05, 4.69) is 35.7 Å². The van der Waals surface area contributed by atoms with Gasteiger partial charge in [0.2, 0.25) is 5.95 Å². The van der Waals surface area contributed by atoms with Crippen LogP contribution < -0.4 is 9.80 Å². The van der Waals surface area contributed by atoms with Gasteiger partial charge in [0.25, 0.3) is 0 Å². The highest BCUT2D eigenvalue weighted by Crippen LogP contribution is 2.22. The quantitative estimate of drug-likeness (QED) is 0.816. The molecular weight excluding hydrogens is 236 g/mol. The Kier molecular flexibility index (Phi) is 5.00. The summed E-state index contributed by atoms with van der Waals surface area (Å²) in [6.45, 7) is 7.81. The molecule has 2 rings (SSSR count). The molecule has 0 amide bonds. The molecule has 0 spiro atoms. The third-order valence-corrected chi connectivity index (χ3v) is 3.92. The molecule has 1 saturated heterocycles. The molecule has 1 aromatic heterocycles. The molecule has 4 nitrogen and oxygen atoms in total. The Balaban J connectivity index is 2.02. The summed E-state index contributed by atoms with van der Waals surface area (Å²) in [6.07, 6.45) is 6.81. The van der Waals surface area contributed by atoms with E-state index in [9.17, 15) is 0 Å². The zero-order valence-electron chi connectivity index (χ0n) is 12.5. The van der Waals surface area contributed by atoms with Gasteiger partial charge in [-0.3, -0.25) is 0 Å². The Bertz CT molecular complexity index is 385. The first-order valence-corrected chi connectivity index (χ1v) is 7.50. The minimum Gasteiger partial charge on any atom is -0.356 e. The van der Waals surface area contributed by atoms with Gasteiger partial charge in [0, 0.05) is 32.9 Å². The predicted octanol–water partition coefficient (Wildman–Crippen LogP) is 2.95. The normalized spacial score (nSPS) is 16.7. The van der Waals surface area contributed by atoms with Crippen LogP contribution in [0.5, 0.6) is 0 Å². The van der Waals surface area contributed by atoms with Gasteiger partial charge >= 0.3 is 0 Å². The van der Waals surface area contributed by atoms with E-state index in [1.807, 2.05) is 12.3 Å². The van der Waals surface area contributed by atoms with E-state index in [-0.39, 0.29) is 0 Å². The van der Waals surface area contributed by atoms with Gasteiger partial charge in [0.15, 0.2) is 0 Å². The maximum atomic E-state index is 4.72. The van der Waals surface area contributed by atoms with Crippen LogP contribution in [-0.2, 0) is 0 Å². The summed E-state index contributed by atoms with van der Waals surface area (Å²) in [5.74, 6) is 2.79. The van der Waals surface area contributed by atoms with Crippen LogP contribution in [0.3, 0.4) is 0 Å². The summed E-state index contributed by atoms with van der Waals surface area (Å²) in [4.78, 5) is 13.6. The largest absolute Gasteiger partial charge is 0.356 e. The van der Waals surface area contributed by atoms with E-state index >= 15 is 0 Å². The molecule has 0 unspecified atom stereocenters.